The molecule has 0 saturated heterocycles. The highest BCUT2D eigenvalue weighted by Crippen LogP contribution is 1.62. The van der Waals surface area contributed by atoms with Crippen LogP contribution < -0.4 is 0 Å². The molecular weight excluding hydrogens is 90.1 g/mol. The average molecular weight is 95.1 g/mol. The molecule has 0 atom stereocenters. The van der Waals surface area contributed by atoms with Crippen LogP contribution in [0.4, 0.5) is 0 Å². The zero-order chi connectivity index (χ0) is 5.54. The summed E-state index contributed by atoms with van der Waals surface area (Å²) in [5.74, 6) is 1.54. The molecule has 2 heteroatoms. The van der Waals surface area contributed by atoms with Gasteiger partial charge in [-0.05, 0) is 12.2 Å². The van der Waals surface area contributed by atoms with E-state index < -0.39 is 0 Å². The van der Waals surface area contributed by atoms with Gasteiger partial charge in [-0.15, -0.1) is 0 Å². The van der Waals surface area contributed by atoms with E-state index in [2.05, 4.69) is 0 Å². The van der Waals surface area contributed by atoms with Crippen molar-refractivity contribution < 1.29 is 4.79 Å². The van der Waals surface area contributed by atoms with Crippen LogP contribution in [-0.2, 0) is 4.79 Å². The number of nitrogens with one attached hydrogen (secondary N) is 1. The Morgan fingerprint density at radius 3 is 2.57 bits per heavy atom. The van der Waals surface area contributed by atoms with Crippen molar-refractivity contribution in [2.24, 2.45) is 0 Å². The maximum absolute atomic E-state index is 9.37. The first-order valence-corrected chi connectivity index (χ1v) is 1.78. The third-order valence-electron chi connectivity index (χ3n) is 0.372. The van der Waals surface area contributed by atoms with Gasteiger partial charge in [0, 0.05) is 12.3 Å². The topological polar surface area (TPSA) is 40.9 Å². The molecule has 0 heterocycles. The molecule has 0 saturated carbocycles. The first-order valence-electron chi connectivity index (χ1n) is 1.78. The van der Waals surface area contributed by atoms with Gasteiger partial charge in [-0.2, -0.15) is 0 Å². The van der Waals surface area contributed by atoms with Crippen LogP contribution in [0.3, 0.4) is 0 Å². The van der Waals surface area contributed by atoms with E-state index in [1.165, 1.54) is 24.2 Å². The fraction of sp³-hybridized carbons (Fsp3) is 0. The summed E-state index contributed by atoms with van der Waals surface area (Å²) in [4.78, 5) is 9.37. The lowest BCUT2D eigenvalue weighted by Crippen LogP contribution is -1.53. The van der Waals surface area contributed by atoms with E-state index in [0.717, 1.165) is 6.21 Å². The minimum Gasteiger partial charge on any atom is -0.309 e. The Balaban J connectivity index is 3.47. The van der Waals surface area contributed by atoms with Crippen LogP contribution in [0.1, 0.15) is 0 Å². The molecule has 0 aromatic rings. The lowest BCUT2D eigenvalue weighted by atomic mass is 10.5. The van der Waals surface area contributed by atoms with Crippen molar-refractivity contribution in [2.45, 2.75) is 0 Å². The summed E-state index contributed by atoms with van der Waals surface area (Å²) in [6, 6.07) is 0. The van der Waals surface area contributed by atoms with Crippen molar-refractivity contribution in [3.8, 4) is 0 Å². The van der Waals surface area contributed by atoms with Crippen molar-refractivity contribution >= 4 is 12.2 Å². The van der Waals surface area contributed by atoms with E-state index in [-0.39, 0.29) is 0 Å². The quantitative estimate of drug-likeness (QED) is 0.304. The Hall–Kier alpha value is -1.14. The third-order valence-corrected chi connectivity index (χ3v) is 0.372. The Kier molecular flexibility index (Phi) is 4.07. The van der Waals surface area contributed by atoms with Gasteiger partial charge in [-0.1, -0.05) is 0 Å². The van der Waals surface area contributed by atoms with E-state index in [9.17, 15) is 4.79 Å². The highest BCUT2D eigenvalue weighted by Gasteiger charge is 1.54. The van der Waals surface area contributed by atoms with E-state index in [0.29, 0.717) is 0 Å². The van der Waals surface area contributed by atoms with Crippen molar-refractivity contribution in [1.82, 2.24) is 0 Å². The molecule has 2 nitrogen and oxygen atoms in total. The molecule has 7 heavy (non-hydrogen) atoms. The van der Waals surface area contributed by atoms with Gasteiger partial charge >= 0.3 is 0 Å². The van der Waals surface area contributed by atoms with Crippen LogP contribution in [0.5, 0.6) is 0 Å². The van der Waals surface area contributed by atoms with Gasteiger partial charge in [0.05, 0.1) is 0 Å². The number of hydrogen-bond donors (Lipinski definition) is 1. The van der Waals surface area contributed by atoms with Crippen molar-refractivity contribution in [3.05, 3.63) is 18.2 Å². The maximum atomic E-state index is 9.37. The minimum absolute atomic E-state index is 1.09. The third kappa shape index (κ3) is 4.86. The van der Waals surface area contributed by atoms with Gasteiger partial charge in [0.2, 0.25) is 0 Å². The molecule has 36 valence electrons. The molecule has 0 aromatic carbocycles. The Labute approximate surface area is 41.7 Å². The average Bonchev–Trinajstić information content (AvgIpc) is 1.69. The maximum Gasteiger partial charge on any atom is 0.124 e. The fourth-order valence-electron chi connectivity index (χ4n) is 0.150. The van der Waals surface area contributed by atoms with Crippen LogP contribution in [0.15, 0.2) is 18.2 Å². The molecule has 0 aliphatic heterocycles. The Morgan fingerprint density at radius 1 is 1.43 bits per heavy atom. The second kappa shape index (κ2) is 4.86. The van der Waals surface area contributed by atoms with Crippen molar-refractivity contribution in [2.75, 3.05) is 0 Å². The number of carbonyl (C=O) groups excluding carboxylic acids is 1. The zero-order valence-electron chi connectivity index (χ0n) is 3.72. The summed E-state index contributed by atoms with van der Waals surface area (Å²) in [6.07, 6.45) is 5.17. The molecule has 0 rings (SSSR count). The molecule has 0 amide bonds. The number of rotatable bonds is 2. The molecule has 0 unspecified atom stereocenters. The number of hydrogen-bond acceptors (Lipinski definition) is 2. The SMILES string of the molecule is N=CC=CC=C=O. The number of allylic oxidation sites excluding steroid dienone is 3. The van der Waals surface area contributed by atoms with Gasteiger partial charge in [0.1, 0.15) is 5.94 Å². The molecule has 0 aliphatic carbocycles. The summed E-state index contributed by atoms with van der Waals surface area (Å²) in [5.41, 5.74) is 0. The Morgan fingerprint density at radius 2 is 2.14 bits per heavy atom. The van der Waals surface area contributed by atoms with E-state index in [4.69, 9.17) is 5.41 Å². The highest BCUT2D eigenvalue weighted by molar-refractivity contribution is 5.69. The Bertz CT molecular complexity index is 120. The summed E-state index contributed by atoms with van der Waals surface area (Å²) in [7, 11) is 0. The molecule has 0 fully saturated rings. The van der Waals surface area contributed by atoms with Crippen LogP contribution in [-0.4, -0.2) is 12.2 Å². The molecule has 0 radical (unpaired) electrons. The monoisotopic (exact) mass is 95.0 g/mol. The van der Waals surface area contributed by atoms with Crippen LogP contribution in [0, 0.1) is 5.41 Å². The van der Waals surface area contributed by atoms with Gasteiger partial charge in [-0.3, -0.25) is 0 Å². The predicted octanol–water partition coefficient (Wildman–Crippen LogP) is 0.580. The molecule has 0 aromatic heterocycles. The summed E-state index contributed by atoms with van der Waals surface area (Å²) in [6.45, 7) is 0. The molecule has 0 spiro atoms. The van der Waals surface area contributed by atoms with E-state index in [1.807, 2.05) is 0 Å². The van der Waals surface area contributed by atoms with E-state index >= 15 is 0 Å². The smallest absolute Gasteiger partial charge is 0.124 e. The molecular formula is C5H5NO. The lowest BCUT2D eigenvalue weighted by Gasteiger charge is -1.58. The second-order valence-electron chi connectivity index (χ2n) is 0.836. The van der Waals surface area contributed by atoms with Crippen molar-refractivity contribution in [3.63, 3.8) is 0 Å². The van der Waals surface area contributed by atoms with E-state index in [1.54, 1.807) is 0 Å². The van der Waals surface area contributed by atoms with Gasteiger partial charge in [0.15, 0.2) is 0 Å². The van der Waals surface area contributed by atoms with Crippen LogP contribution >= 0.6 is 0 Å². The van der Waals surface area contributed by atoms with Gasteiger partial charge < -0.3 is 5.41 Å². The first-order chi connectivity index (χ1) is 3.41. The predicted molar refractivity (Wildman–Crippen MR) is 28.2 cm³/mol. The largest absolute Gasteiger partial charge is 0.309 e. The van der Waals surface area contributed by atoms with Crippen LogP contribution in [0.2, 0.25) is 0 Å². The molecule has 0 bridgehead atoms. The first kappa shape index (κ1) is 5.86. The van der Waals surface area contributed by atoms with Crippen molar-refractivity contribution in [1.29, 1.82) is 5.41 Å². The van der Waals surface area contributed by atoms with Crippen LogP contribution in [0.25, 0.3) is 0 Å². The van der Waals surface area contributed by atoms with Gasteiger partial charge in [0.25, 0.3) is 0 Å². The standard InChI is InChI=1S/C5H5NO/c6-4-2-1-3-5-7/h1-4,6H. The molecule has 0 aliphatic rings. The zero-order valence-corrected chi connectivity index (χ0v) is 3.72. The summed E-state index contributed by atoms with van der Waals surface area (Å²) in [5, 5.41) is 6.42. The molecule has 1 N–H and O–H groups in total. The summed E-state index contributed by atoms with van der Waals surface area (Å²) < 4.78 is 0. The fourth-order valence-corrected chi connectivity index (χ4v) is 0.150. The lowest BCUT2D eigenvalue weighted by molar-refractivity contribution is 0.569. The highest BCUT2D eigenvalue weighted by atomic mass is 16.1. The normalized spacial score (nSPS) is 8.00. The van der Waals surface area contributed by atoms with Gasteiger partial charge in [-0.25, -0.2) is 4.79 Å². The second-order valence-corrected chi connectivity index (χ2v) is 0.836. The summed E-state index contributed by atoms with van der Waals surface area (Å²) >= 11 is 0. The minimum atomic E-state index is 1.09.